The highest BCUT2D eigenvalue weighted by Crippen LogP contribution is 2.32. The lowest BCUT2D eigenvalue weighted by atomic mass is 10.1. The molecular weight excluding hydrogens is 397 g/mol. The van der Waals surface area contributed by atoms with E-state index in [0.29, 0.717) is 35.5 Å². The van der Waals surface area contributed by atoms with Crippen LogP contribution in [0.3, 0.4) is 0 Å². The number of aliphatic hydroxyl groups is 1. The van der Waals surface area contributed by atoms with Gasteiger partial charge in [-0.1, -0.05) is 24.3 Å². The molecule has 2 aromatic carbocycles. The van der Waals surface area contributed by atoms with Gasteiger partial charge in [0.15, 0.2) is 0 Å². The summed E-state index contributed by atoms with van der Waals surface area (Å²) in [5, 5.41) is 9.33. The number of rotatable bonds is 3. The van der Waals surface area contributed by atoms with Crippen molar-refractivity contribution >= 4 is 11.7 Å². The molecule has 30 heavy (non-hydrogen) atoms. The Hall–Kier alpha value is -3.46. The number of anilines is 1. The van der Waals surface area contributed by atoms with Crippen molar-refractivity contribution < 1.29 is 23.1 Å². The maximum Gasteiger partial charge on any atom is 0.416 e. The van der Waals surface area contributed by atoms with Gasteiger partial charge in [0.1, 0.15) is 11.5 Å². The minimum absolute atomic E-state index is 0.0987. The van der Waals surface area contributed by atoms with Crippen LogP contribution in [0.2, 0.25) is 0 Å². The molecule has 6 nitrogen and oxygen atoms in total. The molecule has 0 radical (unpaired) electrons. The van der Waals surface area contributed by atoms with E-state index >= 15 is 0 Å². The quantitative estimate of drug-likeness (QED) is 0.687. The van der Waals surface area contributed by atoms with Gasteiger partial charge < -0.3 is 15.7 Å². The van der Waals surface area contributed by atoms with E-state index < -0.39 is 17.8 Å². The smallest absolute Gasteiger partial charge is 0.389 e. The lowest BCUT2D eigenvalue weighted by Gasteiger charge is -2.35. The van der Waals surface area contributed by atoms with Gasteiger partial charge in [-0.25, -0.2) is 9.97 Å². The molecule has 4 rings (SSSR count). The van der Waals surface area contributed by atoms with Crippen molar-refractivity contribution in [2.24, 2.45) is 0 Å². The van der Waals surface area contributed by atoms with E-state index in [2.05, 4.69) is 9.97 Å². The number of carbonyl (C=O) groups is 1. The number of carbonyl (C=O) groups excluding carboxylic acids is 1. The second kappa shape index (κ2) is 7.42. The fourth-order valence-corrected chi connectivity index (χ4v) is 3.15. The van der Waals surface area contributed by atoms with Gasteiger partial charge in [0.25, 0.3) is 5.91 Å². The molecule has 1 fully saturated rings. The molecule has 0 saturated carbocycles. The Morgan fingerprint density at radius 1 is 1.03 bits per heavy atom. The number of aromatic nitrogens is 2. The number of likely N-dealkylation sites (tertiary alicyclic amines) is 1. The van der Waals surface area contributed by atoms with Crippen molar-refractivity contribution in [2.75, 3.05) is 18.8 Å². The molecule has 0 aliphatic carbocycles. The number of alkyl halides is 3. The molecule has 0 bridgehead atoms. The monoisotopic (exact) mass is 414 g/mol. The molecule has 0 atom stereocenters. The highest BCUT2D eigenvalue weighted by Gasteiger charge is 2.30. The van der Waals surface area contributed by atoms with Gasteiger partial charge in [0, 0.05) is 29.8 Å². The summed E-state index contributed by atoms with van der Waals surface area (Å²) in [7, 11) is 0. The number of nitrogens with two attached hydrogens (primary N) is 1. The highest BCUT2D eigenvalue weighted by atomic mass is 19.4. The first kappa shape index (κ1) is 19.8. The van der Waals surface area contributed by atoms with Crippen molar-refractivity contribution in [2.45, 2.75) is 12.3 Å². The molecule has 1 aliphatic heterocycles. The van der Waals surface area contributed by atoms with E-state index in [1.54, 1.807) is 29.2 Å². The van der Waals surface area contributed by atoms with Crippen LogP contribution in [-0.4, -0.2) is 45.1 Å². The molecule has 0 unspecified atom stereocenters. The molecule has 1 saturated heterocycles. The van der Waals surface area contributed by atoms with Gasteiger partial charge in [-0.05, 0) is 24.3 Å². The molecule has 9 heteroatoms. The van der Waals surface area contributed by atoms with Crippen molar-refractivity contribution in [3.05, 3.63) is 65.9 Å². The second-order valence-electron chi connectivity index (χ2n) is 7.01. The molecule has 154 valence electrons. The molecule has 1 aromatic heterocycles. The average molecular weight is 414 g/mol. The van der Waals surface area contributed by atoms with Crippen LogP contribution in [0.1, 0.15) is 15.9 Å². The predicted molar refractivity (Wildman–Crippen MR) is 104 cm³/mol. The number of amides is 1. The van der Waals surface area contributed by atoms with Crippen molar-refractivity contribution in [3.8, 4) is 22.5 Å². The Morgan fingerprint density at radius 2 is 1.63 bits per heavy atom. The van der Waals surface area contributed by atoms with Gasteiger partial charge in [-0.2, -0.15) is 13.2 Å². The van der Waals surface area contributed by atoms with Gasteiger partial charge in [0.2, 0.25) is 0 Å². The van der Waals surface area contributed by atoms with Crippen LogP contribution in [0.25, 0.3) is 22.5 Å². The minimum atomic E-state index is -4.43. The van der Waals surface area contributed by atoms with E-state index in [9.17, 15) is 23.1 Å². The van der Waals surface area contributed by atoms with E-state index in [-0.39, 0.29) is 17.4 Å². The van der Waals surface area contributed by atoms with Crippen LogP contribution in [0, 0.1) is 0 Å². The number of nitrogen functional groups attached to an aromatic ring is 1. The molecule has 3 N–H and O–H groups in total. The van der Waals surface area contributed by atoms with E-state index in [4.69, 9.17) is 5.73 Å². The number of benzene rings is 2. The Morgan fingerprint density at radius 3 is 2.20 bits per heavy atom. The summed E-state index contributed by atoms with van der Waals surface area (Å²) in [5.74, 6) is -0.0673. The number of β-amino-alcohol motifs (C(OH)–C–C–N with tert-alkyl or cyclic N) is 1. The third-order valence-corrected chi connectivity index (χ3v) is 4.86. The number of hydrogen-bond donors (Lipinski definition) is 2. The zero-order valence-electron chi connectivity index (χ0n) is 15.6. The lowest BCUT2D eigenvalue weighted by molar-refractivity contribution is -0.137. The zero-order chi connectivity index (χ0) is 21.5. The summed E-state index contributed by atoms with van der Waals surface area (Å²) >= 11 is 0. The Bertz CT molecular complexity index is 1080. The first-order valence-corrected chi connectivity index (χ1v) is 9.10. The Kier molecular flexibility index (Phi) is 4.90. The summed E-state index contributed by atoms with van der Waals surface area (Å²) < 4.78 is 38.3. The van der Waals surface area contributed by atoms with Gasteiger partial charge in [-0.15, -0.1) is 0 Å². The summed E-state index contributed by atoms with van der Waals surface area (Å²) in [5.41, 5.74) is 7.45. The Balaban J connectivity index is 1.59. The van der Waals surface area contributed by atoms with Crippen molar-refractivity contribution in [1.29, 1.82) is 0 Å². The SMILES string of the molecule is Nc1ncc(-c2ccc(C(=O)N3CC(O)C3)cc2)nc1-c1ccc(C(F)(F)F)cc1. The topological polar surface area (TPSA) is 92.3 Å². The summed E-state index contributed by atoms with van der Waals surface area (Å²) in [6, 6.07) is 11.3. The summed E-state index contributed by atoms with van der Waals surface area (Å²) in [4.78, 5) is 22.4. The number of hydrogen-bond acceptors (Lipinski definition) is 5. The molecule has 0 spiro atoms. The minimum Gasteiger partial charge on any atom is -0.389 e. The number of aliphatic hydroxyl groups excluding tert-OH is 1. The third-order valence-electron chi connectivity index (χ3n) is 4.86. The average Bonchev–Trinajstić information content (AvgIpc) is 2.71. The van der Waals surface area contributed by atoms with Crippen LogP contribution in [0.15, 0.2) is 54.7 Å². The van der Waals surface area contributed by atoms with E-state index in [1.807, 2.05) is 0 Å². The molecule has 1 amide bonds. The molecule has 1 aliphatic rings. The van der Waals surface area contributed by atoms with E-state index in [0.717, 1.165) is 12.1 Å². The maximum atomic E-state index is 12.8. The van der Waals surface area contributed by atoms with Crippen LogP contribution in [0.5, 0.6) is 0 Å². The molecule has 3 aromatic rings. The fraction of sp³-hybridized carbons (Fsp3) is 0.190. The normalized spacial score (nSPS) is 14.5. The molecular formula is C21H17F3N4O2. The van der Waals surface area contributed by atoms with Crippen LogP contribution in [0.4, 0.5) is 19.0 Å². The van der Waals surface area contributed by atoms with Gasteiger partial charge >= 0.3 is 6.18 Å². The predicted octanol–water partition coefficient (Wildman–Crippen LogP) is 3.23. The third kappa shape index (κ3) is 3.84. The van der Waals surface area contributed by atoms with Crippen LogP contribution >= 0.6 is 0 Å². The van der Waals surface area contributed by atoms with Crippen LogP contribution < -0.4 is 5.73 Å². The first-order valence-electron chi connectivity index (χ1n) is 9.10. The number of nitrogens with zero attached hydrogens (tertiary/aromatic N) is 3. The number of halogens is 3. The fourth-order valence-electron chi connectivity index (χ4n) is 3.15. The maximum absolute atomic E-state index is 12.8. The Labute approximate surface area is 169 Å². The highest BCUT2D eigenvalue weighted by molar-refractivity contribution is 5.95. The van der Waals surface area contributed by atoms with E-state index in [1.165, 1.54) is 18.3 Å². The van der Waals surface area contributed by atoms with Gasteiger partial charge in [0.05, 0.1) is 23.6 Å². The molecule has 2 heterocycles. The van der Waals surface area contributed by atoms with Crippen molar-refractivity contribution in [3.63, 3.8) is 0 Å². The first-order chi connectivity index (χ1) is 14.2. The van der Waals surface area contributed by atoms with Gasteiger partial charge in [-0.3, -0.25) is 4.79 Å². The largest absolute Gasteiger partial charge is 0.416 e. The summed E-state index contributed by atoms with van der Waals surface area (Å²) in [6.45, 7) is 0.640. The summed E-state index contributed by atoms with van der Waals surface area (Å²) in [6.07, 6.45) is -3.43. The zero-order valence-corrected chi connectivity index (χ0v) is 15.6. The second-order valence-corrected chi connectivity index (χ2v) is 7.01. The standard InChI is InChI=1S/C21H17F3N4O2/c22-21(23,24)15-7-5-13(6-8-15)18-19(25)26-9-17(27-18)12-1-3-14(4-2-12)20(30)28-10-16(29)11-28/h1-9,16,29H,10-11H2,(H2,25,26). The lowest BCUT2D eigenvalue weighted by Crippen LogP contribution is -2.53. The van der Waals surface area contributed by atoms with Crippen molar-refractivity contribution in [1.82, 2.24) is 14.9 Å². The van der Waals surface area contributed by atoms with Crippen LogP contribution in [-0.2, 0) is 6.18 Å².